The fraction of sp³-hybridized carbons (Fsp3) is 0.0588. The van der Waals surface area contributed by atoms with Gasteiger partial charge in [0.1, 0.15) is 5.54 Å². The fourth-order valence-corrected chi connectivity index (χ4v) is 6.46. The lowest BCUT2D eigenvalue weighted by Gasteiger charge is -2.49. The third-order valence-electron chi connectivity index (χ3n) is 7.80. The molecule has 0 spiro atoms. The van der Waals surface area contributed by atoms with E-state index in [0.717, 1.165) is 0 Å². The lowest BCUT2D eigenvalue weighted by molar-refractivity contribution is 0.431. The smallest absolute Gasteiger partial charge is 0.135 e. The Labute approximate surface area is 211 Å². The Kier molecular flexibility index (Phi) is 4.62. The Bertz CT molecular complexity index is 1370. The molecule has 2 nitrogen and oxygen atoms in total. The van der Waals surface area contributed by atoms with E-state index in [1.165, 1.54) is 39.2 Å². The molecule has 36 heavy (non-hydrogen) atoms. The van der Waals surface area contributed by atoms with E-state index in [9.17, 15) is 0 Å². The Morgan fingerprint density at radius 1 is 0.472 bits per heavy atom. The zero-order valence-corrected chi connectivity index (χ0v) is 19.9. The molecule has 172 valence electrons. The van der Waals surface area contributed by atoms with Gasteiger partial charge in [0.25, 0.3) is 0 Å². The topological polar surface area (TPSA) is 20.7 Å². The molecule has 3 heterocycles. The van der Waals surface area contributed by atoms with E-state index in [0.29, 0.717) is 0 Å². The summed E-state index contributed by atoms with van der Waals surface area (Å²) < 4.78 is 2.50. The molecule has 2 aromatic heterocycles. The van der Waals surface area contributed by atoms with Crippen molar-refractivity contribution >= 4 is 0 Å². The van der Waals surface area contributed by atoms with Crippen molar-refractivity contribution in [2.75, 3.05) is 0 Å². The molecule has 4 aromatic carbocycles. The molecule has 0 saturated heterocycles. The first-order valence-corrected chi connectivity index (χ1v) is 12.5. The van der Waals surface area contributed by atoms with Crippen molar-refractivity contribution in [3.05, 3.63) is 191 Å². The van der Waals surface area contributed by atoms with Gasteiger partial charge in [-0.05, 0) is 46.0 Å². The maximum Gasteiger partial charge on any atom is 0.135 e. The number of benzene rings is 4. The number of hydrogen-bond donors (Lipinski definition) is 1. The first-order valence-electron chi connectivity index (χ1n) is 12.5. The average Bonchev–Trinajstić information content (AvgIpc) is 3.65. The lowest BCUT2D eigenvalue weighted by atomic mass is 9.61. The molecule has 6 aromatic rings. The monoisotopic (exact) mass is 462 g/mol. The molecule has 0 radical (unpaired) electrons. The molecule has 7 rings (SSSR count). The molecule has 1 aliphatic rings. The van der Waals surface area contributed by atoms with Crippen molar-refractivity contribution in [3.63, 3.8) is 0 Å². The minimum atomic E-state index is -0.534. The molecular formula is C34H26N2. The lowest BCUT2D eigenvalue weighted by Crippen LogP contribution is -2.49. The van der Waals surface area contributed by atoms with Crippen molar-refractivity contribution in [3.8, 4) is 0 Å². The van der Waals surface area contributed by atoms with Crippen molar-refractivity contribution in [2.45, 2.75) is 11.0 Å². The summed E-state index contributed by atoms with van der Waals surface area (Å²) >= 11 is 0. The summed E-state index contributed by atoms with van der Waals surface area (Å²) in [5.41, 5.74) is 7.69. The second-order valence-electron chi connectivity index (χ2n) is 9.45. The van der Waals surface area contributed by atoms with Gasteiger partial charge in [0.05, 0.1) is 11.1 Å². The quantitative estimate of drug-likeness (QED) is 0.282. The largest absolute Gasteiger partial charge is 0.362 e. The normalized spacial score (nSPS) is 15.1. The van der Waals surface area contributed by atoms with E-state index in [-0.39, 0.29) is 0 Å². The maximum atomic E-state index is 3.75. The van der Waals surface area contributed by atoms with E-state index in [4.69, 9.17) is 0 Å². The van der Waals surface area contributed by atoms with Crippen LogP contribution in [-0.4, -0.2) is 9.55 Å². The molecule has 0 unspecified atom stereocenters. The van der Waals surface area contributed by atoms with Crippen LogP contribution in [0.15, 0.2) is 152 Å². The van der Waals surface area contributed by atoms with Crippen LogP contribution in [0.4, 0.5) is 0 Å². The van der Waals surface area contributed by atoms with Crippen molar-refractivity contribution < 1.29 is 0 Å². The van der Waals surface area contributed by atoms with Gasteiger partial charge >= 0.3 is 0 Å². The number of aromatic nitrogens is 2. The van der Waals surface area contributed by atoms with Gasteiger partial charge in [-0.15, -0.1) is 0 Å². The summed E-state index contributed by atoms with van der Waals surface area (Å²) in [6.45, 7) is 0. The van der Waals surface area contributed by atoms with E-state index in [1.807, 2.05) is 0 Å². The zero-order chi connectivity index (χ0) is 24.0. The van der Waals surface area contributed by atoms with Crippen molar-refractivity contribution in [1.29, 1.82) is 0 Å². The fourth-order valence-electron chi connectivity index (χ4n) is 6.46. The van der Waals surface area contributed by atoms with Gasteiger partial charge in [-0.1, -0.05) is 121 Å². The minimum absolute atomic E-state index is 0.464. The highest BCUT2D eigenvalue weighted by atomic mass is 15.1. The van der Waals surface area contributed by atoms with Crippen LogP contribution in [0, 0.1) is 0 Å². The second kappa shape index (κ2) is 8.00. The van der Waals surface area contributed by atoms with Crippen LogP contribution >= 0.6 is 0 Å². The first kappa shape index (κ1) is 20.8. The number of rotatable bonds is 4. The van der Waals surface area contributed by atoms with Crippen molar-refractivity contribution in [2.24, 2.45) is 0 Å². The number of hydrogen-bond acceptors (Lipinski definition) is 0. The third kappa shape index (κ3) is 2.61. The minimum Gasteiger partial charge on any atom is -0.362 e. The molecule has 0 amide bonds. The SMILES string of the molecule is c1ccc(C2(c3ccccc3)c3cc[nH]c3C(c3ccccc3)(c3ccccc3)n3cccc32)cc1. The number of fused-ring (bicyclic) bond motifs is 2. The number of nitrogens with one attached hydrogen (secondary N) is 1. The molecule has 1 aliphatic heterocycles. The molecular weight excluding hydrogens is 436 g/mol. The highest BCUT2D eigenvalue weighted by molar-refractivity contribution is 5.67. The van der Waals surface area contributed by atoms with Crippen molar-refractivity contribution in [1.82, 2.24) is 9.55 Å². The van der Waals surface area contributed by atoms with Crippen LogP contribution in [0.25, 0.3) is 0 Å². The van der Waals surface area contributed by atoms with Crippen LogP contribution < -0.4 is 0 Å². The predicted molar refractivity (Wildman–Crippen MR) is 145 cm³/mol. The summed E-state index contributed by atoms with van der Waals surface area (Å²) in [4.78, 5) is 3.75. The first-order chi connectivity index (χ1) is 17.9. The van der Waals surface area contributed by atoms with E-state index >= 15 is 0 Å². The summed E-state index contributed by atoms with van der Waals surface area (Å²) in [5, 5.41) is 0. The third-order valence-corrected chi connectivity index (χ3v) is 7.80. The van der Waals surface area contributed by atoms with Crippen LogP contribution in [0.1, 0.15) is 39.2 Å². The summed E-state index contributed by atoms with van der Waals surface area (Å²) in [5.74, 6) is 0. The molecule has 0 fully saturated rings. The van der Waals surface area contributed by atoms with Gasteiger partial charge in [-0.2, -0.15) is 0 Å². The highest BCUT2D eigenvalue weighted by Crippen LogP contribution is 2.56. The summed E-state index contributed by atoms with van der Waals surface area (Å²) in [6.07, 6.45) is 4.36. The molecule has 0 saturated carbocycles. The number of nitrogens with zero attached hydrogens (tertiary/aromatic N) is 1. The van der Waals surface area contributed by atoms with Gasteiger partial charge in [-0.3, -0.25) is 0 Å². The Hall–Kier alpha value is -4.56. The second-order valence-corrected chi connectivity index (χ2v) is 9.45. The number of H-pyrrole nitrogens is 1. The van der Waals surface area contributed by atoms with Gasteiger partial charge in [0.15, 0.2) is 0 Å². The standard InChI is InChI=1S/C34H26N2/c1-5-14-26(15-6-1)33(27-16-7-2-8-17-27)30-23-24-35-32(30)34(28-18-9-3-10-19-28,29-20-11-4-12-21-29)36-25-13-22-31(33)36/h1-25,35H. The van der Waals surface area contributed by atoms with E-state index in [2.05, 4.69) is 161 Å². The summed E-state index contributed by atoms with van der Waals surface area (Å²) in [6, 6.07) is 50.4. The van der Waals surface area contributed by atoms with Crippen LogP contribution in [0.3, 0.4) is 0 Å². The van der Waals surface area contributed by atoms with Gasteiger partial charge in [0.2, 0.25) is 0 Å². The molecule has 0 aliphatic carbocycles. The van der Waals surface area contributed by atoms with Gasteiger partial charge in [-0.25, -0.2) is 0 Å². The Morgan fingerprint density at radius 2 is 0.944 bits per heavy atom. The van der Waals surface area contributed by atoms with Crippen LogP contribution in [0.5, 0.6) is 0 Å². The van der Waals surface area contributed by atoms with E-state index < -0.39 is 11.0 Å². The maximum absolute atomic E-state index is 3.75. The molecule has 0 atom stereocenters. The molecule has 1 N–H and O–H groups in total. The summed E-state index contributed by atoms with van der Waals surface area (Å²) in [7, 11) is 0. The Morgan fingerprint density at radius 3 is 1.44 bits per heavy atom. The van der Waals surface area contributed by atoms with Gasteiger partial charge in [0, 0.05) is 18.1 Å². The highest BCUT2D eigenvalue weighted by Gasteiger charge is 2.54. The van der Waals surface area contributed by atoms with E-state index in [1.54, 1.807) is 0 Å². The Balaban J connectivity index is 1.68. The number of aromatic amines is 1. The van der Waals surface area contributed by atoms with Crippen LogP contribution in [0.2, 0.25) is 0 Å². The average molecular weight is 463 g/mol. The molecule has 2 heteroatoms. The zero-order valence-electron chi connectivity index (χ0n) is 19.9. The van der Waals surface area contributed by atoms with Crippen LogP contribution in [-0.2, 0) is 11.0 Å². The molecule has 0 bridgehead atoms. The predicted octanol–water partition coefficient (Wildman–Crippen LogP) is 7.35. The van der Waals surface area contributed by atoms with Gasteiger partial charge < -0.3 is 9.55 Å².